The molecular formula is C13H18FN3O2. The SMILES string of the molecule is Cc1cc(N)cc(C(=O)NC(C)(C)CC(N)=O)c1F. The van der Waals surface area contributed by atoms with Gasteiger partial charge in [-0.1, -0.05) is 0 Å². The molecule has 0 saturated carbocycles. The van der Waals surface area contributed by atoms with Crippen molar-refractivity contribution in [3.8, 4) is 0 Å². The number of carbonyl (C=O) groups is 2. The molecule has 0 heterocycles. The number of hydrogen-bond donors (Lipinski definition) is 3. The van der Waals surface area contributed by atoms with Gasteiger partial charge in [0.05, 0.1) is 5.56 Å². The fourth-order valence-electron chi connectivity index (χ4n) is 1.82. The predicted octanol–water partition coefficient (Wildman–Crippen LogP) is 1.10. The van der Waals surface area contributed by atoms with Crippen LogP contribution >= 0.6 is 0 Å². The number of primary amides is 1. The summed E-state index contributed by atoms with van der Waals surface area (Å²) in [7, 11) is 0. The second-order valence-corrected chi connectivity index (χ2v) is 5.18. The van der Waals surface area contributed by atoms with Gasteiger partial charge in [-0.15, -0.1) is 0 Å². The van der Waals surface area contributed by atoms with Crippen molar-refractivity contribution in [2.24, 2.45) is 5.73 Å². The highest BCUT2D eigenvalue weighted by atomic mass is 19.1. The number of nitrogen functional groups attached to an aromatic ring is 1. The Hall–Kier alpha value is -2.11. The lowest BCUT2D eigenvalue weighted by Gasteiger charge is -2.25. The molecule has 0 aliphatic carbocycles. The van der Waals surface area contributed by atoms with E-state index in [2.05, 4.69) is 5.32 Å². The average Bonchev–Trinajstić information content (AvgIpc) is 2.20. The van der Waals surface area contributed by atoms with Crippen LogP contribution < -0.4 is 16.8 Å². The van der Waals surface area contributed by atoms with Crippen molar-refractivity contribution in [1.82, 2.24) is 5.32 Å². The van der Waals surface area contributed by atoms with Crippen LogP contribution in [0.3, 0.4) is 0 Å². The van der Waals surface area contributed by atoms with Gasteiger partial charge in [-0.3, -0.25) is 9.59 Å². The van der Waals surface area contributed by atoms with Gasteiger partial charge in [-0.2, -0.15) is 0 Å². The Balaban J connectivity index is 2.99. The summed E-state index contributed by atoms with van der Waals surface area (Å²) < 4.78 is 13.9. The lowest BCUT2D eigenvalue weighted by atomic mass is 9.99. The molecule has 0 fully saturated rings. The standard InChI is InChI=1S/C13H18FN3O2/c1-7-4-8(15)5-9(11(7)14)12(19)17-13(2,3)6-10(16)18/h4-5H,6,15H2,1-3H3,(H2,16,18)(H,17,19). The average molecular weight is 267 g/mol. The van der Waals surface area contributed by atoms with Gasteiger partial charge in [-0.25, -0.2) is 4.39 Å². The number of benzene rings is 1. The fraction of sp³-hybridized carbons (Fsp3) is 0.385. The quantitative estimate of drug-likeness (QED) is 0.712. The third-order valence-electron chi connectivity index (χ3n) is 2.59. The summed E-state index contributed by atoms with van der Waals surface area (Å²) in [6.07, 6.45) is -0.0400. The van der Waals surface area contributed by atoms with E-state index < -0.39 is 23.2 Å². The number of rotatable bonds is 4. The maximum absolute atomic E-state index is 13.9. The molecule has 0 aromatic heterocycles. The highest BCUT2D eigenvalue weighted by Gasteiger charge is 2.25. The Labute approximate surface area is 111 Å². The minimum Gasteiger partial charge on any atom is -0.399 e. The molecular weight excluding hydrogens is 249 g/mol. The number of anilines is 1. The number of halogens is 1. The molecule has 0 atom stereocenters. The molecule has 1 aromatic rings. The summed E-state index contributed by atoms with van der Waals surface area (Å²) in [4.78, 5) is 22.9. The summed E-state index contributed by atoms with van der Waals surface area (Å²) in [6.45, 7) is 4.79. The molecule has 0 aliphatic heterocycles. The monoisotopic (exact) mass is 267 g/mol. The van der Waals surface area contributed by atoms with Crippen molar-refractivity contribution < 1.29 is 14.0 Å². The van der Waals surface area contributed by atoms with Gasteiger partial charge < -0.3 is 16.8 Å². The van der Waals surface area contributed by atoms with Gasteiger partial charge in [0.2, 0.25) is 5.91 Å². The second kappa shape index (κ2) is 5.26. The summed E-state index contributed by atoms with van der Waals surface area (Å²) in [5, 5.41) is 2.56. The Morgan fingerprint density at radius 1 is 1.37 bits per heavy atom. The first-order valence-corrected chi connectivity index (χ1v) is 5.79. The van der Waals surface area contributed by atoms with Crippen molar-refractivity contribution in [1.29, 1.82) is 0 Å². The van der Waals surface area contributed by atoms with E-state index >= 15 is 0 Å². The molecule has 1 rings (SSSR count). The zero-order valence-corrected chi connectivity index (χ0v) is 11.2. The van der Waals surface area contributed by atoms with E-state index in [0.717, 1.165) is 0 Å². The molecule has 6 heteroatoms. The molecule has 1 aromatic carbocycles. The van der Waals surface area contributed by atoms with E-state index in [4.69, 9.17) is 11.5 Å². The largest absolute Gasteiger partial charge is 0.399 e. The van der Waals surface area contributed by atoms with Crippen LogP contribution in [0.4, 0.5) is 10.1 Å². The molecule has 5 N–H and O–H groups in total. The second-order valence-electron chi connectivity index (χ2n) is 5.18. The summed E-state index contributed by atoms with van der Waals surface area (Å²) in [5.74, 6) is -1.80. The van der Waals surface area contributed by atoms with Crippen LogP contribution in [0.15, 0.2) is 12.1 Å². The van der Waals surface area contributed by atoms with E-state index in [1.807, 2.05) is 0 Å². The zero-order valence-electron chi connectivity index (χ0n) is 11.2. The normalized spacial score (nSPS) is 11.2. The maximum atomic E-state index is 13.9. The molecule has 5 nitrogen and oxygen atoms in total. The van der Waals surface area contributed by atoms with E-state index in [-0.39, 0.29) is 17.5 Å². The number of hydrogen-bond acceptors (Lipinski definition) is 3. The molecule has 0 saturated heterocycles. The number of nitrogens with one attached hydrogen (secondary N) is 1. The Morgan fingerprint density at radius 2 is 1.95 bits per heavy atom. The molecule has 0 bridgehead atoms. The topological polar surface area (TPSA) is 98.2 Å². The molecule has 0 aliphatic rings. The van der Waals surface area contributed by atoms with Crippen molar-refractivity contribution in [3.63, 3.8) is 0 Å². The molecule has 104 valence electrons. The third-order valence-corrected chi connectivity index (χ3v) is 2.59. The number of amides is 2. The number of carbonyl (C=O) groups excluding carboxylic acids is 2. The van der Waals surface area contributed by atoms with Gasteiger partial charge in [0.25, 0.3) is 5.91 Å². The van der Waals surface area contributed by atoms with E-state index in [1.54, 1.807) is 13.8 Å². The van der Waals surface area contributed by atoms with Crippen LogP contribution in [0, 0.1) is 12.7 Å². The fourth-order valence-corrected chi connectivity index (χ4v) is 1.82. The van der Waals surface area contributed by atoms with E-state index in [1.165, 1.54) is 19.1 Å². The Kier molecular flexibility index (Phi) is 4.14. The van der Waals surface area contributed by atoms with Crippen LogP contribution in [0.5, 0.6) is 0 Å². The first kappa shape index (κ1) is 14.9. The Bertz CT molecular complexity index is 527. The first-order valence-electron chi connectivity index (χ1n) is 5.79. The zero-order chi connectivity index (χ0) is 14.8. The van der Waals surface area contributed by atoms with Gasteiger partial charge in [0.1, 0.15) is 5.82 Å². The lowest BCUT2D eigenvalue weighted by molar-refractivity contribution is -0.119. The van der Waals surface area contributed by atoms with Gasteiger partial charge >= 0.3 is 0 Å². The van der Waals surface area contributed by atoms with Crippen molar-refractivity contribution >= 4 is 17.5 Å². The maximum Gasteiger partial charge on any atom is 0.254 e. The minimum absolute atomic E-state index is 0.0400. The highest BCUT2D eigenvalue weighted by molar-refractivity contribution is 5.96. The summed E-state index contributed by atoms with van der Waals surface area (Å²) in [5.41, 5.74) is 10.3. The van der Waals surface area contributed by atoms with Crippen LogP contribution in [-0.4, -0.2) is 17.4 Å². The van der Waals surface area contributed by atoms with Gasteiger partial charge in [0, 0.05) is 17.6 Å². The van der Waals surface area contributed by atoms with E-state index in [9.17, 15) is 14.0 Å². The number of aryl methyl sites for hydroxylation is 1. The molecule has 0 unspecified atom stereocenters. The lowest BCUT2D eigenvalue weighted by Crippen LogP contribution is -2.46. The number of nitrogens with two attached hydrogens (primary N) is 2. The summed E-state index contributed by atoms with van der Waals surface area (Å²) in [6, 6.07) is 2.71. The van der Waals surface area contributed by atoms with Crippen molar-refractivity contribution in [3.05, 3.63) is 29.1 Å². The highest BCUT2D eigenvalue weighted by Crippen LogP contribution is 2.18. The van der Waals surface area contributed by atoms with Gasteiger partial charge in [-0.05, 0) is 38.5 Å². The van der Waals surface area contributed by atoms with E-state index in [0.29, 0.717) is 5.69 Å². The predicted molar refractivity (Wildman–Crippen MR) is 70.9 cm³/mol. The Morgan fingerprint density at radius 3 is 2.47 bits per heavy atom. The minimum atomic E-state index is -0.853. The smallest absolute Gasteiger partial charge is 0.254 e. The molecule has 19 heavy (non-hydrogen) atoms. The third kappa shape index (κ3) is 3.94. The van der Waals surface area contributed by atoms with Crippen LogP contribution in [0.1, 0.15) is 36.2 Å². The van der Waals surface area contributed by atoms with Crippen molar-refractivity contribution in [2.75, 3.05) is 5.73 Å². The first-order chi connectivity index (χ1) is 8.62. The molecule has 0 spiro atoms. The van der Waals surface area contributed by atoms with Crippen molar-refractivity contribution in [2.45, 2.75) is 32.7 Å². The molecule has 0 radical (unpaired) electrons. The van der Waals surface area contributed by atoms with Gasteiger partial charge in [0.15, 0.2) is 0 Å². The van der Waals surface area contributed by atoms with Crippen LogP contribution in [0.25, 0.3) is 0 Å². The summed E-state index contributed by atoms with van der Waals surface area (Å²) >= 11 is 0. The molecule has 2 amide bonds. The van der Waals surface area contributed by atoms with Crippen LogP contribution in [-0.2, 0) is 4.79 Å². The van der Waals surface area contributed by atoms with Crippen LogP contribution in [0.2, 0.25) is 0 Å².